The Hall–Kier alpha value is -2.50. The lowest BCUT2D eigenvalue weighted by atomic mass is 9.99. The molecule has 2 aliphatic heterocycles. The summed E-state index contributed by atoms with van der Waals surface area (Å²) in [6.45, 7) is 4.39. The summed E-state index contributed by atoms with van der Waals surface area (Å²) >= 11 is 2.42. The molecule has 0 unspecified atom stereocenters. The van der Waals surface area contributed by atoms with E-state index in [2.05, 4.69) is 15.2 Å². The highest BCUT2D eigenvalue weighted by molar-refractivity contribution is 7.21. The van der Waals surface area contributed by atoms with Gasteiger partial charge in [-0.05, 0) is 30.0 Å². The van der Waals surface area contributed by atoms with Crippen molar-refractivity contribution >= 4 is 44.6 Å². The van der Waals surface area contributed by atoms with Crippen molar-refractivity contribution in [3.63, 3.8) is 0 Å². The number of carbonyl (C=O) groups excluding carboxylic acids is 2. The molecule has 3 aromatic rings. The maximum absolute atomic E-state index is 13.0. The molecule has 2 aromatic heterocycles. The van der Waals surface area contributed by atoms with Gasteiger partial charge in [0.05, 0.1) is 16.5 Å². The van der Waals surface area contributed by atoms with Gasteiger partial charge < -0.3 is 10.2 Å². The number of aryl methyl sites for hydroxylation is 1. The predicted octanol–water partition coefficient (Wildman–Crippen LogP) is 3.62. The Bertz CT molecular complexity index is 1180. The zero-order chi connectivity index (χ0) is 22.6. The van der Waals surface area contributed by atoms with Crippen molar-refractivity contribution in [3.8, 4) is 0 Å². The molecule has 1 aromatic carbocycles. The number of thiophene rings is 1. The number of nitrogens with zero attached hydrogens (tertiary/aromatic N) is 3. The summed E-state index contributed by atoms with van der Waals surface area (Å²) in [7, 11) is 0. The first-order valence-corrected chi connectivity index (χ1v) is 11.7. The fraction of sp³-hybridized carbons (Fsp3) is 0.381. The zero-order valence-corrected chi connectivity index (χ0v) is 18.6. The van der Waals surface area contributed by atoms with Gasteiger partial charge in [0, 0.05) is 48.5 Å². The molecule has 0 bridgehead atoms. The van der Waals surface area contributed by atoms with E-state index in [-0.39, 0.29) is 23.9 Å². The van der Waals surface area contributed by atoms with Crippen molar-refractivity contribution < 1.29 is 22.8 Å². The maximum Gasteiger partial charge on any atom is 0.416 e. The van der Waals surface area contributed by atoms with Crippen LogP contribution in [0.25, 0.3) is 10.1 Å². The van der Waals surface area contributed by atoms with Crippen LogP contribution < -0.4 is 5.32 Å². The Labute approximate surface area is 189 Å². The molecule has 32 heavy (non-hydrogen) atoms. The number of carbonyl (C=O) groups is 2. The van der Waals surface area contributed by atoms with Crippen molar-refractivity contribution in [2.24, 2.45) is 0 Å². The van der Waals surface area contributed by atoms with Crippen molar-refractivity contribution in [1.29, 1.82) is 0 Å². The van der Waals surface area contributed by atoms with Gasteiger partial charge in [0.15, 0.2) is 5.01 Å². The Balaban J connectivity index is 1.17. The molecule has 2 fully saturated rings. The molecule has 0 atom stereocenters. The van der Waals surface area contributed by atoms with Crippen LogP contribution in [0, 0.1) is 6.92 Å². The van der Waals surface area contributed by atoms with Crippen LogP contribution >= 0.6 is 22.7 Å². The van der Waals surface area contributed by atoms with Crippen LogP contribution in [0.15, 0.2) is 29.8 Å². The van der Waals surface area contributed by atoms with Gasteiger partial charge in [-0.3, -0.25) is 14.5 Å². The monoisotopic (exact) mass is 480 g/mol. The topological polar surface area (TPSA) is 65.5 Å². The summed E-state index contributed by atoms with van der Waals surface area (Å²) < 4.78 is 39.5. The second-order valence-electron chi connectivity index (χ2n) is 8.09. The van der Waals surface area contributed by atoms with Crippen LogP contribution in [0.1, 0.15) is 30.6 Å². The van der Waals surface area contributed by atoms with Gasteiger partial charge in [-0.15, -0.1) is 22.7 Å². The molecular weight excluding hydrogens is 461 g/mol. The average Bonchev–Trinajstić information content (AvgIpc) is 3.32. The Morgan fingerprint density at radius 3 is 2.59 bits per heavy atom. The number of rotatable bonds is 4. The van der Waals surface area contributed by atoms with E-state index in [4.69, 9.17) is 0 Å². The van der Waals surface area contributed by atoms with E-state index in [9.17, 15) is 22.8 Å². The van der Waals surface area contributed by atoms with Crippen LogP contribution in [-0.2, 0) is 6.18 Å². The molecule has 0 spiro atoms. The molecule has 1 N–H and O–H groups in total. The Morgan fingerprint density at radius 1 is 1.19 bits per heavy atom. The summed E-state index contributed by atoms with van der Waals surface area (Å²) in [6, 6.07) is 3.93. The minimum Gasteiger partial charge on any atom is -0.345 e. The second kappa shape index (κ2) is 7.82. The van der Waals surface area contributed by atoms with Gasteiger partial charge in [-0.1, -0.05) is 6.07 Å². The van der Waals surface area contributed by atoms with Crippen molar-refractivity contribution in [2.75, 3.05) is 26.2 Å². The van der Waals surface area contributed by atoms with Crippen LogP contribution in [-0.4, -0.2) is 64.9 Å². The van der Waals surface area contributed by atoms with E-state index in [0.29, 0.717) is 33.1 Å². The molecule has 2 aliphatic rings. The number of thiazole rings is 1. The van der Waals surface area contributed by atoms with Gasteiger partial charge in [-0.25, -0.2) is 4.98 Å². The lowest BCUT2D eigenvalue weighted by Gasteiger charge is -2.51. The molecule has 0 saturated carbocycles. The molecule has 0 radical (unpaired) electrons. The van der Waals surface area contributed by atoms with Gasteiger partial charge >= 0.3 is 6.18 Å². The minimum atomic E-state index is -4.41. The lowest BCUT2D eigenvalue weighted by molar-refractivity contribution is -0.137. The number of alkyl halides is 3. The fourth-order valence-electron chi connectivity index (χ4n) is 4.09. The third kappa shape index (κ3) is 3.78. The lowest BCUT2D eigenvalue weighted by Crippen LogP contribution is -2.70. The molecule has 11 heteroatoms. The number of hydrogen-bond donors (Lipinski definition) is 1. The number of benzene rings is 1. The van der Waals surface area contributed by atoms with E-state index >= 15 is 0 Å². The van der Waals surface area contributed by atoms with Gasteiger partial charge in [-0.2, -0.15) is 13.2 Å². The number of amides is 2. The highest BCUT2D eigenvalue weighted by Gasteiger charge is 2.42. The van der Waals surface area contributed by atoms with E-state index in [1.165, 1.54) is 17.4 Å². The third-order valence-electron chi connectivity index (χ3n) is 6.00. The first-order chi connectivity index (χ1) is 15.2. The number of nitrogens with one attached hydrogen (secondary N) is 1. The smallest absolute Gasteiger partial charge is 0.345 e. The Morgan fingerprint density at radius 2 is 1.94 bits per heavy atom. The first-order valence-electron chi connectivity index (χ1n) is 10.0. The van der Waals surface area contributed by atoms with Gasteiger partial charge in [0.2, 0.25) is 0 Å². The molecule has 168 valence electrons. The summed E-state index contributed by atoms with van der Waals surface area (Å²) in [6.07, 6.45) is -2.81. The van der Waals surface area contributed by atoms with E-state index in [0.717, 1.165) is 42.1 Å². The maximum atomic E-state index is 13.0. The predicted molar refractivity (Wildman–Crippen MR) is 116 cm³/mol. The van der Waals surface area contributed by atoms with Crippen molar-refractivity contribution in [3.05, 3.63) is 50.8 Å². The quantitative estimate of drug-likeness (QED) is 0.620. The molecule has 4 heterocycles. The van der Waals surface area contributed by atoms with Crippen LogP contribution in [0.4, 0.5) is 13.2 Å². The highest BCUT2D eigenvalue weighted by atomic mass is 32.1. The molecule has 0 aliphatic carbocycles. The summed E-state index contributed by atoms with van der Waals surface area (Å²) in [4.78, 5) is 33.5. The second-order valence-corrected chi connectivity index (χ2v) is 10.0. The fourth-order valence-corrected chi connectivity index (χ4v) is 5.84. The standard InChI is InChI=1S/C21H19F3N4O2S2/c1-11-15-3-2-12(21(22,23)24)6-16(15)32-17(11)20(30)28-9-14(10-28)27-7-13(8-27)26-18(29)19-25-4-5-31-19/h2-6,13-14H,7-10H2,1H3,(H,26,29). The number of likely N-dealkylation sites (tertiary alicyclic amines) is 2. The molecular formula is C21H19F3N4O2S2. The largest absolute Gasteiger partial charge is 0.416 e. The summed E-state index contributed by atoms with van der Waals surface area (Å²) in [5, 5.41) is 5.85. The van der Waals surface area contributed by atoms with Gasteiger partial charge in [0.25, 0.3) is 11.8 Å². The molecule has 5 rings (SSSR count). The van der Waals surface area contributed by atoms with E-state index in [1.54, 1.807) is 23.4 Å². The molecule has 6 nitrogen and oxygen atoms in total. The first kappa shape index (κ1) is 21.4. The number of halogens is 3. The highest BCUT2D eigenvalue weighted by Crippen LogP contribution is 2.37. The Kier molecular flexibility index (Phi) is 5.22. The van der Waals surface area contributed by atoms with E-state index in [1.807, 2.05) is 0 Å². The SMILES string of the molecule is Cc1c(C(=O)N2CC(N3CC(NC(=O)c4nccs4)C3)C2)sc2cc(C(F)(F)F)ccc12. The average molecular weight is 481 g/mol. The molecule has 2 amide bonds. The van der Waals surface area contributed by atoms with Crippen molar-refractivity contribution in [1.82, 2.24) is 20.1 Å². The minimum absolute atomic E-state index is 0.0730. The number of hydrogen-bond acceptors (Lipinski definition) is 6. The summed E-state index contributed by atoms with van der Waals surface area (Å²) in [5.74, 6) is -0.299. The molecule has 2 saturated heterocycles. The van der Waals surface area contributed by atoms with Crippen LogP contribution in [0.2, 0.25) is 0 Å². The van der Waals surface area contributed by atoms with Gasteiger partial charge in [0.1, 0.15) is 0 Å². The zero-order valence-electron chi connectivity index (χ0n) is 17.0. The van der Waals surface area contributed by atoms with Crippen LogP contribution in [0.3, 0.4) is 0 Å². The number of aromatic nitrogens is 1. The number of fused-ring (bicyclic) bond motifs is 1. The summed E-state index contributed by atoms with van der Waals surface area (Å²) in [5.41, 5.74) is 0.0182. The van der Waals surface area contributed by atoms with Crippen molar-refractivity contribution in [2.45, 2.75) is 25.2 Å². The normalized spacial score (nSPS) is 17.9. The third-order valence-corrected chi connectivity index (χ3v) is 8.01. The van der Waals surface area contributed by atoms with Crippen LogP contribution in [0.5, 0.6) is 0 Å². The van der Waals surface area contributed by atoms with E-state index < -0.39 is 11.7 Å².